The molecule has 0 aliphatic carbocycles. The average molecular weight is 290 g/mol. The molecule has 0 saturated carbocycles. The van der Waals surface area contributed by atoms with Gasteiger partial charge >= 0.3 is 0 Å². The maximum absolute atomic E-state index is 11.2. The lowest BCUT2D eigenvalue weighted by atomic mass is 10.0. The summed E-state index contributed by atoms with van der Waals surface area (Å²) in [5, 5.41) is 8.14. The van der Waals surface area contributed by atoms with E-state index in [9.17, 15) is 4.79 Å². The van der Waals surface area contributed by atoms with Gasteiger partial charge in [0.1, 0.15) is 12.4 Å². The van der Waals surface area contributed by atoms with Crippen molar-refractivity contribution in [1.29, 1.82) is 0 Å². The van der Waals surface area contributed by atoms with Crippen LogP contribution >= 0.6 is 0 Å². The second kappa shape index (κ2) is 4.80. The lowest BCUT2D eigenvalue weighted by Gasteiger charge is -2.05. The molecule has 1 aliphatic rings. The van der Waals surface area contributed by atoms with Crippen LogP contribution in [0.5, 0.6) is 0 Å². The minimum atomic E-state index is -0.0545. The minimum absolute atomic E-state index is 0.0545. The first-order valence-corrected chi connectivity index (χ1v) is 7.07. The van der Waals surface area contributed by atoms with Gasteiger partial charge in [-0.25, -0.2) is 0 Å². The van der Waals surface area contributed by atoms with Crippen molar-refractivity contribution in [3.8, 4) is 11.1 Å². The molecule has 0 atom stereocenters. The normalized spacial score (nSPS) is 14.2. The van der Waals surface area contributed by atoms with E-state index in [1.54, 1.807) is 0 Å². The first-order valence-electron chi connectivity index (χ1n) is 7.07. The molecular weight excluding hydrogens is 276 g/mol. The third-order valence-corrected chi connectivity index (χ3v) is 3.88. The molecule has 0 saturated heterocycles. The fraction of sp³-hybridized carbons (Fsp3) is 0.118. The fourth-order valence-corrected chi connectivity index (χ4v) is 2.69. The van der Waals surface area contributed by atoms with Crippen molar-refractivity contribution in [1.82, 2.24) is 15.1 Å². The number of benzene rings is 2. The van der Waals surface area contributed by atoms with Crippen LogP contribution in [0.2, 0.25) is 0 Å². The van der Waals surface area contributed by atoms with Crippen molar-refractivity contribution in [2.24, 2.45) is 12.0 Å². The van der Waals surface area contributed by atoms with Crippen LogP contribution in [-0.2, 0) is 11.8 Å². The maximum atomic E-state index is 11.2. The van der Waals surface area contributed by atoms with Crippen molar-refractivity contribution in [2.45, 2.75) is 0 Å². The zero-order valence-electron chi connectivity index (χ0n) is 12.1. The molecule has 0 spiro atoms. The molecule has 22 heavy (non-hydrogen) atoms. The molecule has 2 aromatic carbocycles. The van der Waals surface area contributed by atoms with E-state index >= 15 is 0 Å². The van der Waals surface area contributed by atoms with E-state index in [1.807, 2.05) is 42.2 Å². The Morgan fingerprint density at radius 2 is 1.77 bits per heavy atom. The van der Waals surface area contributed by atoms with Crippen LogP contribution in [0.15, 0.2) is 53.7 Å². The Hall–Kier alpha value is -2.95. The van der Waals surface area contributed by atoms with Gasteiger partial charge in [-0.3, -0.25) is 14.5 Å². The van der Waals surface area contributed by atoms with Gasteiger partial charge in [0, 0.05) is 18.0 Å². The molecule has 0 bridgehead atoms. The number of aryl methyl sites for hydroxylation is 1. The zero-order chi connectivity index (χ0) is 15.1. The summed E-state index contributed by atoms with van der Waals surface area (Å²) in [7, 11) is 1.94. The van der Waals surface area contributed by atoms with Gasteiger partial charge in [-0.2, -0.15) is 5.10 Å². The third-order valence-electron chi connectivity index (χ3n) is 3.88. The van der Waals surface area contributed by atoms with Crippen molar-refractivity contribution in [3.63, 3.8) is 0 Å². The van der Waals surface area contributed by atoms with Crippen molar-refractivity contribution in [2.75, 3.05) is 6.54 Å². The summed E-state index contributed by atoms with van der Waals surface area (Å²) < 4.78 is 1.86. The van der Waals surface area contributed by atoms with Crippen LogP contribution < -0.4 is 5.32 Å². The second-order valence-electron chi connectivity index (χ2n) is 5.33. The number of nitrogens with zero attached hydrogens (tertiary/aromatic N) is 3. The van der Waals surface area contributed by atoms with Gasteiger partial charge in [-0.1, -0.05) is 30.3 Å². The summed E-state index contributed by atoms with van der Waals surface area (Å²) in [6.07, 6.45) is 1.87. The third kappa shape index (κ3) is 2.07. The molecular formula is C17H14N4O. The van der Waals surface area contributed by atoms with Crippen molar-refractivity contribution in [3.05, 3.63) is 54.2 Å². The summed E-state index contributed by atoms with van der Waals surface area (Å²) in [6.45, 7) is 0.217. The molecule has 1 aliphatic heterocycles. The molecule has 1 amide bonds. The maximum Gasteiger partial charge on any atom is 0.247 e. The second-order valence-corrected chi connectivity index (χ2v) is 5.33. The highest BCUT2D eigenvalue weighted by Gasteiger charge is 2.14. The first-order chi connectivity index (χ1) is 10.7. The van der Waals surface area contributed by atoms with Crippen molar-refractivity contribution >= 4 is 22.6 Å². The van der Waals surface area contributed by atoms with Crippen LogP contribution in [0, 0.1) is 0 Å². The van der Waals surface area contributed by atoms with Crippen LogP contribution in [0.1, 0.15) is 5.56 Å². The molecule has 0 radical (unpaired) electrons. The number of fused-ring (bicyclic) bond motifs is 1. The quantitative estimate of drug-likeness (QED) is 0.786. The molecule has 2 heterocycles. The molecule has 1 aromatic heterocycles. The van der Waals surface area contributed by atoms with E-state index in [2.05, 4.69) is 33.6 Å². The summed E-state index contributed by atoms with van der Waals surface area (Å²) in [5.74, 6) is 0.598. The highest BCUT2D eigenvalue weighted by atomic mass is 16.2. The fourth-order valence-electron chi connectivity index (χ4n) is 2.69. The predicted molar refractivity (Wildman–Crippen MR) is 85.7 cm³/mol. The van der Waals surface area contributed by atoms with Gasteiger partial charge < -0.3 is 5.32 Å². The number of hydrogen-bond acceptors (Lipinski definition) is 3. The van der Waals surface area contributed by atoms with Crippen LogP contribution in [0.3, 0.4) is 0 Å². The topological polar surface area (TPSA) is 59.3 Å². The number of amidine groups is 1. The van der Waals surface area contributed by atoms with E-state index in [4.69, 9.17) is 0 Å². The monoisotopic (exact) mass is 290 g/mol. The summed E-state index contributed by atoms with van der Waals surface area (Å²) in [5.41, 5.74) is 4.31. The highest BCUT2D eigenvalue weighted by molar-refractivity contribution is 6.12. The van der Waals surface area contributed by atoms with E-state index in [-0.39, 0.29) is 12.5 Å². The summed E-state index contributed by atoms with van der Waals surface area (Å²) in [4.78, 5) is 15.4. The summed E-state index contributed by atoms with van der Waals surface area (Å²) in [6, 6.07) is 14.3. The Balaban J connectivity index is 1.68. The molecule has 108 valence electrons. The number of nitrogens with one attached hydrogen (secondary N) is 1. The molecule has 0 fully saturated rings. The van der Waals surface area contributed by atoms with Gasteiger partial charge in [-0.05, 0) is 23.3 Å². The van der Waals surface area contributed by atoms with E-state index in [0.29, 0.717) is 5.84 Å². The number of hydrogen-bond donors (Lipinski definition) is 1. The average Bonchev–Trinajstić information content (AvgIpc) is 3.14. The number of amides is 1. The largest absolute Gasteiger partial charge is 0.309 e. The zero-order valence-corrected chi connectivity index (χ0v) is 12.1. The molecule has 1 N–H and O–H groups in total. The number of rotatable bonds is 2. The molecule has 4 rings (SSSR count). The Morgan fingerprint density at radius 1 is 1.05 bits per heavy atom. The lowest BCUT2D eigenvalue weighted by Crippen LogP contribution is -2.25. The predicted octanol–water partition coefficient (Wildman–Crippen LogP) is 2.12. The van der Waals surface area contributed by atoms with Crippen LogP contribution in [-0.4, -0.2) is 28.1 Å². The van der Waals surface area contributed by atoms with Gasteiger partial charge in [0.2, 0.25) is 5.91 Å². The number of aliphatic imine (C=N–C) groups is 1. The van der Waals surface area contributed by atoms with Crippen molar-refractivity contribution < 1.29 is 4.79 Å². The Kier molecular flexibility index (Phi) is 2.79. The van der Waals surface area contributed by atoms with Gasteiger partial charge in [0.25, 0.3) is 0 Å². The first kappa shape index (κ1) is 12.8. The van der Waals surface area contributed by atoms with Gasteiger partial charge in [-0.15, -0.1) is 0 Å². The van der Waals surface area contributed by atoms with E-state index < -0.39 is 0 Å². The van der Waals surface area contributed by atoms with Gasteiger partial charge in [0.15, 0.2) is 0 Å². The van der Waals surface area contributed by atoms with Crippen LogP contribution in [0.4, 0.5) is 0 Å². The lowest BCUT2D eigenvalue weighted by molar-refractivity contribution is -0.117. The van der Waals surface area contributed by atoms with E-state index in [0.717, 1.165) is 27.6 Å². The molecule has 3 aromatic rings. The minimum Gasteiger partial charge on any atom is -0.309 e. The molecule has 5 nitrogen and oxygen atoms in total. The summed E-state index contributed by atoms with van der Waals surface area (Å²) >= 11 is 0. The highest BCUT2D eigenvalue weighted by Crippen LogP contribution is 2.24. The van der Waals surface area contributed by atoms with E-state index in [1.165, 1.54) is 0 Å². The molecule has 5 heteroatoms. The standard InChI is InChI=1S/C17H14N4O/c1-21-15-7-6-13(8-14(15)9-19-21)11-2-4-12(5-3-11)17-18-10-16(22)20-17/h2-9H,10H2,1H3,(H,18,20,22). The Bertz CT molecular complexity index is 906. The number of carbonyl (C=O) groups is 1. The number of carbonyl (C=O) groups excluding carboxylic acids is 1. The molecule has 0 unspecified atom stereocenters. The Labute approximate surface area is 127 Å². The SMILES string of the molecule is Cn1ncc2cc(-c3ccc(C4=NCC(=O)N4)cc3)ccc21. The van der Waals surface area contributed by atoms with Gasteiger partial charge in [0.05, 0.1) is 11.7 Å². The smallest absolute Gasteiger partial charge is 0.247 e. The number of aromatic nitrogens is 2. The van der Waals surface area contributed by atoms with Crippen LogP contribution in [0.25, 0.3) is 22.0 Å². The Morgan fingerprint density at radius 3 is 2.50 bits per heavy atom.